The summed E-state index contributed by atoms with van der Waals surface area (Å²) in [5, 5.41) is 3.97. The number of H-pyrrole nitrogens is 1. The SMILES string of the molecule is O=C1Nc2ccccc2C1=Cc1cc2cc(OCCN3CCOCC3)ccc2[nH]1. The minimum absolute atomic E-state index is 0.0722. The summed E-state index contributed by atoms with van der Waals surface area (Å²) in [6.45, 7) is 5.10. The highest BCUT2D eigenvalue weighted by atomic mass is 16.5. The molecule has 6 heteroatoms. The molecule has 2 aliphatic heterocycles. The van der Waals surface area contributed by atoms with Crippen LogP contribution < -0.4 is 10.1 Å². The first-order chi connectivity index (χ1) is 14.3. The topological polar surface area (TPSA) is 66.6 Å². The Bertz CT molecular complexity index is 1080. The number of benzene rings is 2. The summed E-state index contributed by atoms with van der Waals surface area (Å²) in [5.74, 6) is 0.782. The number of nitrogens with zero attached hydrogens (tertiary/aromatic N) is 1. The maximum absolute atomic E-state index is 12.3. The fourth-order valence-corrected chi connectivity index (χ4v) is 3.86. The third-order valence-electron chi connectivity index (χ3n) is 5.40. The largest absolute Gasteiger partial charge is 0.492 e. The molecule has 2 N–H and O–H groups in total. The standard InChI is InChI=1S/C23H23N3O3/c27-23-20(19-3-1-2-4-22(19)25-23)15-17-13-16-14-18(5-6-21(16)24-17)29-12-9-26-7-10-28-11-8-26/h1-6,13-15,24H,7-12H2,(H,25,27). The van der Waals surface area contributed by atoms with Crippen LogP contribution in [0.5, 0.6) is 5.75 Å². The summed E-state index contributed by atoms with van der Waals surface area (Å²) >= 11 is 0. The Morgan fingerprint density at radius 3 is 2.86 bits per heavy atom. The number of para-hydroxylation sites is 1. The van der Waals surface area contributed by atoms with Gasteiger partial charge in [0.2, 0.25) is 0 Å². The number of aromatic amines is 1. The molecule has 0 spiro atoms. The molecule has 6 nitrogen and oxygen atoms in total. The highest BCUT2D eigenvalue weighted by Gasteiger charge is 2.23. The molecule has 1 amide bonds. The van der Waals surface area contributed by atoms with E-state index in [0.29, 0.717) is 12.2 Å². The van der Waals surface area contributed by atoms with Gasteiger partial charge in [-0.25, -0.2) is 0 Å². The smallest absolute Gasteiger partial charge is 0.256 e. The van der Waals surface area contributed by atoms with Gasteiger partial charge in [-0.2, -0.15) is 0 Å². The van der Waals surface area contributed by atoms with Gasteiger partial charge >= 0.3 is 0 Å². The molecule has 0 atom stereocenters. The maximum atomic E-state index is 12.3. The molecule has 148 valence electrons. The molecule has 0 unspecified atom stereocenters. The van der Waals surface area contributed by atoms with Crippen LogP contribution in [0.15, 0.2) is 48.5 Å². The predicted molar refractivity (Wildman–Crippen MR) is 114 cm³/mol. The van der Waals surface area contributed by atoms with Crippen LogP contribution in [-0.2, 0) is 9.53 Å². The van der Waals surface area contributed by atoms with Crippen LogP contribution in [0.1, 0.15) is 11.3 Å². The lowest BCUT2D eigenvalue weighted by atomic mass is 10.1. The van der Waals surface area contributed by atoms with E-state index >= 15 is 0 Å². The predicted octanol–water partition coefficient (Wildman–Crippen LogP) is 3.37. The van der Waals surface area contributed by atoms with Gasteiger partial charge in [-0.15, -0.1) is 0 Å². The molecular weight excluding hydrogens is 366 g/mol. The molecule has 1 fully saturated rings. The van der Waals surface area contributed by atoms with E-state index in [2.05, 4.69) is 15.2 Å². The molecule has 0 radical (unpaired) electrons. The monoisotopic (exact) mass is 389 g/mol. The minimum Gasteiger partial charge on any atom is -0.492 e. The Kier molecular flexibility index (Phi) is 4.79. The number of anilines is 1. The van der Waals surface area contributed by atoms with E-state index in [-0.39, 0.29) is 5.91 Å². The number of morpholine rings is 1. The van der Waals surface area contributed by atoms with E-state index in [0.717, 1.165) is 66.4 Å². The van der Waals surface area contributed by atoms with Crippen molar-refractivity contribution in [2.75, 3.05) is 44.8 Å². The summed E-state index contributed by atoms with van der Waals surface area (Å²) in [6, 6.07) is 15.8. The van der Waals surface area contributed by atoms with Gasteiger partial charge in [-0.05, 0) is 36.4 Å². The average molecular weight is 389 g/mol. The number of amides is 1. The number of hydrogen-bond acceptors (Lipinski definition) is 4. The number of nitrogens with one attached hydrogen (secondary N) is 2. The number of hydrogen-bond donors (Lipinski definition) is 2. The molecular formula is C23H23N3O3. The number of rotatable bonds is 5. The maximum Gasteiger partial charge on any atom is 0.256 e. The molecule has 3 heterocycles. The van der Waals surface area contributed by atoms with Crippen molar-refractivity contribution < 1.29 is 14.3 Å². The van der Waals surface area contributed by atoms with Crippen LogP contribution >= 0.6 is 0 Å². The van der Waals surface area contributed by atoms with Crippen molar-refractivity contribution >= 4 is 34.1 Å². The normalized spacial score (nSPS) is 18.2. The Morgan fingerprint density at radius 1 is 1.10 bits per heavy atom. The Hall–Kier alpha value is -3.09. The fourth-order valence-electron chi connectivity index (χ4n) is 3.86. The van der Waals surface area contributed by atoms with Gasteiger partial charge in [-0.1, -0.05) is 18.2 Å². The molecule has 1 saturated heterocycles. The van der Waals surface area contributed by atoms with Gasteiger partial charge in [0.05, 0.1) is 18.8 Å². The van der Waals surface area contributed by atoms with Gasteiger partial charge < -0.3 is 19.8 Å². The Labute approximate surface area is 169 Å². The molecule has 0 saturated carbocycles. The quantitative estimate of drug-likeness (QED) is 0.657. The number of aromatic nitrogens is 1. The summed E-state index contributed by atoms with van der Waals surface area (Å²) in [4.78, 5) is 18.1. The second-order valence-corrected chi connectivity index (χ2v) is 7.33. The van der Waals surface area contributed by atoms with Crippen LogP contribution in [0.25, 0.3) is 22.6 Å². The number of fused-ring (bicyclic) bond motifs is 2. The van der Waals surface area contributed by atoms with E-state index < -0.39 is 0 Å². The number of carbonyl (C=O) groups excluding carboxylic acids is 1. The van der Waals surface area contributed by atoms with Crippen LogP contribution in [-0.4, -0.2) is 55.2 Å². The fraction of sp³-hybridized carbons (Fsp3) is 0.261. The zero-order valence-corrected chi connectivity index (χ0v) is 16.1. The first-order valence-corrected chi connectivity index (χ1v) is 9.94. The molecule has 2 aliphatic rings. The lowest BCUT2D eigenvalue weighted by Gasteiger charge is -2.26. The zero-order valence-electron chi connectivity index (χ0n) is 16.1. The van der Waals surface area contributed by atoms with Gasteiger partial charge in [0.1, 0.15) is 12.4 Å². The first-order valence-electron chi connectivity index (χ1n) is 9.94. The summed E-state index contributed by atoms with van der Waals surface area (Å²) in [5.41, 5.74) is 4.38. The number of carbonyl (C=O) groups is 1. The van der Waals surface area contributed by atoms with Crippen molar-refractivity contribution in [3.05, 3.63) is 59.8 Å². The van der Waals surface area contributed by atoms with Crippen molar-refractivity contribution in [1.29, 1.82) is 0 Å². The van der Waals surface area contributed by atoms with E-state index in [1.807, 2.05) is 54.6 Å². The van der Waals surface area contributed by atoms with E-state index in [4.69, 9.17) is 9.47 Å². The van der Waals surface area contributed by atoms with Crippen LogP contribution in [0.3, 0.4) is 0 Å². The van der Waals surface area contributed by atoms with E-state index in [9.17, 15) is 4.79 Å². The average Bonchev–Trinajstić information content (AvgIpc) is 3.29. The van der Waals surface area contributed by atoms with Crippen molar-refractivity contribution in [1.82, 2.24) is 9.88 Å². The van der Waals surface area contributed by atoms with Crippen LogP contribution in [0.4, 0.5) is 5.69 Å². The van der Waals surface area contributed by atoms with Crippen molar-refractivity contribution in [2.45, 2.75) is 0 Å². The Morgan fingerprint density at radius 2 is 1.97 bits per heavy atom. The zero-order chi connectivity index (χ0) is 19.6. The van der Waals surface area contributed by atoms with Crippen molar-refractivity contribution in [3.63, 3.8) is 0 Å². The first kappa shape index (κ1) is 18.0. The van der Waals surface area contributed by atoms with E-state index in [1.54, 1.807) is 0 Å². The molecule has 0 bridgehead atoms. The summed E-state index contributed by atoms with van der Waals surface area (Å²) in [6.07, 6.45) is 1.90. The highest BCUT2D eigenvalue weighted by molar-refractivity contribution is 6.34. The lowest BCUT2D eigenvalue weighted by Crippen LogP contribution is -2.38. The van der Waals surface area contributed by atoms with Crippen molar-refractivity contribution in [3.8, 4) is 5.75 Å². The third-order valence-corrected chi connectivity index (χ3v) is 5.40. The summed E-state index contributed by atoms with van der Waals surface area (Å²) < 4.78 is 11.3. The lowest BCUT2D eigenvalue weighted by molar-refractivity contribution is -0.110. The van der Waals surface area contributed by atoms with Crippen molar-refractivity contribution in [2.24, 2.45) is 0 Å². The van der Waals surface area contributed by atoms with Crippen LogP contribution in [0, 0.1) is 0 Å². The second-order valence-electron chi connectivity index (χ2n) is 7.33. The third kappa shape index (κ3) is 3.77. The van der Waals surface area contributed by atoms with Crippen LogP contribution in [0.2, 0.25) is 0 Å². The van der Waals surface area contributed by atoms with Gasteiger partial charge in [-0.3, -0.25) is 9.69 Å². The molecule has 29 heavy (non-hydrogen) atoms. The summed E-state index contributed by atoms with van der Waals surface area (Å²) in [7, 11) is 0. The second kappa shape index (κ2) is 7.73. The van der Waals surface area contributed by atoms with Gasteiger partial charge in [0.15, 0.2) is 0 Å². The number of ether oxygens (including phenoxy) is 2. The minimum atomic E-state index is -0.0722. The van der Waals surface area contributed by atoms with Gasteiger partial charge in [0.25, 0.3) is 5.91 Å². The Balaban J connectivity index is 1.31. The van der Waals surface area contributed by atoms with E-state index in [1.165, 1.54) is 0 Å². The molecule has 5 rings (SSSR count). The van der Waals surface area contributed by atoms with Gasteiger partial charge in [0, 0.05) is 47.5 Å². The molecule has 2 aromatic carbocycles. The molecule has 0 aliphatic carbocycles. The highest BCUT2D eigenvalue weighted by Crippen LogP contribution is 2.33. The molecule has 3 aromatic rings. The molecule has 1 aromatic heterocycles.